The molecule has 3 aromatic rings. The topological polar surface area (TPSA) is 44.4 Å². The van der Waals surface area contributed by atoms with Crippen LogP contribution in [0.4, 0.5) is 16.2 Å². The first kappa shape index (κ1) is 17.2. The van der Waals surface area contributed by atoms with Crippen molar-refractivity contribution in [3.05, 3.63) is 95.6 Å². The Bertz CT molecular complexity index is 922. The Morgan fingerprint density at radius 1 is 0.963 bits per heavy atom. The molecule has 136 valence electrons. The summed E-state index contributed by atoms with van der Waals surface area (Å²) in [5.74, 6) is 0. The maximum atomic E-state index is 12.5. The van der Waals surface area contributed by atoms with Crippen molar-refractivity contribution < 1.29 is 4.79 Å². The van der Waals surface area contributed by atoms with E-state index >= 15 is 0 Å². The zero-order chi connectivity index (χ0) is 18.6. The standard InChI is InChI=1S/C23H23N3O/c1-17-11-13-19(14-12-17)24-23(27)25-21-16-26(15-18-7-3-2-4-8-18)22-10-6-5-9-20(21)22/h2-14,21H,15-16H2,1H3,(H2,24,25,27). The summed E-state index contributed by atoms with van der Waals surface area (Å²) in [5.41, 5.74) is 5.57. The van der Waals surface area contributed by atoms with Gasteiger partial charge in [-0.2, -0.15) is 0 Å². The van der Waals surface area contributed by atoms with Crippen LogP contribution in [0.1, 0.15) is 22.7 Å². The lowest BCUT2D eigenvalue weighted by atomic mass is 10.1. The third kappa shape index (κ3) is 3.95. The highest BCUT2D eigenvalue weighted by Crippen LogP contribution is 2.35. The van der Waals surface area contributed by atoms with Gasteiger partial charge in [0.25, 0.3) is 0 Å². The lowest BCUT2D eigenvalue weighted by Crippen LogP contribution is -2.35. The van der Waals surface area contributed by atoms with Crippen molar-refractivity contribution >= 4 is 17.4 Å². The Hall–Kier alpha value is -3.27. The molecule has 0 saturated carbocycles. The largest absolute Gasteiger partial charge is 0.365 e. The third-order valence-corrected chi connectivity index (χ3v) is 4.89. The Kier molecular flexibility index (Phi) is 4.79. The Balaban J connectivity index is 1.47. The van der Waals surface area contributed by atoms with Gasteiger partial charge >= 0.3 is 6.03 Å². The number of fused-ring (bicyclic) bond motifs is 1. The first-order valence-corrected chi connectivity index (χ1v) is 9.21. The number of para-hydroxylation sites is 1. The second-order valence-electron chi connectivity index (χ2n) is 6.94. The van der Waals surface area contributed by atoms with Gasteiger partial charge in [-0.25, -0.2) is 4.79 Å². The third-order valence-electron chi connectivity index (χ3n) is 4.89. The molecule has 4 heteroatoms. The average Bonchev–Trinajstić information content (AvgIpc) is 3.02. The molecule has 2 N–H and O–H groups in total. The summed E-state index contributed by atoms with van der Waals surface area (Å²) in [6.07, 6.45) is 0. The summed E-state index contributed by atoms with van der Waals surface area (Å²) in [6.45, 7) is 3.62. The predicted octanol–water partition coefficient (Wildman–Crippen LogP) is 4.88. The van der Waals surface area contributed by atoms with Crippen LogP contribution in [-0.2, 0) is 6.54 Å². The molecule has 1 heterocycles. The van der Waals surface area contributed by atoms with Gasteiger partial charge in [0, 0.05) is 24.5 Å². The normalized spacial score (nSPS) is 15.3. The van der Waals surface area contributed by atoms with Gasteiger partial charge in [0.05, 0.1) is 6.04 Å². The Morgan fingerprint density at radius 3 is 2.44 bits per heavy atom. The van der Waals surface area contributed by atoms with E-state index in [4.69, 9.17) is 0 Å². The molecule has 0 bridgehead atoms. The Labute approximate surface area is 159 Å². The number of carbonyl (C=O) groups excluding carboxylic acids is 1. The maximum Gasteiger partial charge on any atom is 0.319 e. The highest BCUT2D eigenvalue weighted by Gasteiger charge is 2.29. The fraction of sp³-hybridized carbons (Fsp3) is 0.174. The maximum absolute atomic E-state index is 12.5. The molecule has 1 aliphatic heterocycles. The van der Waals surface area contributed by atoms with Gasteiger partial charge in [-0.3, -0.25) is 0 Å². The molecule has 0 spiro atoms. The minimum Gasteiger partial charge on any atom is -0.365 e. The number of nitrogens with one attached hydrogen (secondary N) is 2. The molecule has 1 aliphatic rings. The number of nitrogens with zero attached hydrogens (tertiary/aromatic N) is 1. The predicted molar refractivity (Wildman–Crippen MR) is 110 cm³/mol. The molecular weight excluding hydrogens is 334 g/mol. The summed E-state index contributed by atoms with van der Waals surface area (Å²) in [7, 11) is 0. The number of aryl methyl sites for hydroxylation is 1. The number of rotatable bonds is 4. The van der Waals surface area contributed by atoms with Gasteiger partial charge in [0.15, 0.2) is 0 Å². The van der Waals surface area contributed by atoms with Crippen LogP contribution in [0.3, 0.4) is 0 Å². The molecule has 0 aliphatic carbocycles. The van der Waals surface area contributed by atoms with Crippen molar-refractivity contribution in [2.24, 2.45) is 0 Å². The van der Waals surface area contributed by atoms with E-state index in [1.165, 1.54) is 16.8 Å². The second kappa shape index (κ2) is 7.54. The van der Waals surface area contributed by atoms with Crippen molar-refractivity contribution in [1.29, 1.82) is 0 Å². The Morgan fingerprint density at radius 2 is 1.67 bits per heavy atom. The van der Waals surface area contributed by atoms with Crippen LogP contribution in [0.2, 0.25) is 0 Å². The van der Waals surface area contributed by atoms with E-state index < -0.39 is 0 Å². The average molecular weight is 357 g/mol. The molecular formula is C23H23N3O. The molecule has 4 rings (SSSR count). The summed E-state index contributed by atoms with van der Waals surface area (Å²) in [5, 5.41) is 6.05. The summed E-state index contributed by atoms with van der Waals surface area (Å²) in [4.78, 5) is 14.8. The molecule has 0 saturated heterocycles. The lowest BCUT2D eigenvalue weighted by Gasteiger charge is -2.20. The van der Waals surface area contributed by atoms with Crippen LogP contribution in [0.25, 0.3) is 0 Å². The van der Waals surface area contributed by atoms with Gasteiger partial charge in [0.2, 0.25) is 0 Å². The van der Waals surface area contributed by atoms with Gasteiger partial charge in [-0.05, 0) is 36.2 Å². The van der Waals surface area contributed by atoms with E-state index in [0.717, 1.165) is 24.3 Å². The number of hydrogen-bond acceptors (Lipinski definition) is 2. The second-order valence-corrected chi connectivity index (χ2v) is 6.94. The van der Waals surface area contributed by atoms with Crippen LogP contribution in [-0.4, -0.2) is 12.6 Å². The van der Waals surface area contributed by atoms with Crippen LogP contribution in [0.15, 0.2) is 78.9 Å². The van der Waals surface area contributed by atoms with Gasteiger partial charge in [-0.1, -0.05) is 66.2 Å². The van der Waals surface area contributed by atoms with E-state index in [9.17, 15) is 4.79 Å². The summed E-state index contributed by atoms with van der Waals surface area (Å²) in [6, 6.07) is 26.3. The molecule has 1 atom stereocenters. The lowest BCUT2D eigenvalue weighted by molar-refractivity contribution is 0.249. The van der Waals surface area contributed by atoms with E-state index in [0.29, 0.717) is 0 Å². The molecule has 0 fully saturated rings. The number of carbonyl (C=O) groups is 1. The van der Waals surface area contributed by atoms with E-state index in [-0.39, 0.29) is 12.1 Å². The molecule has 4 nitrogen and oxygen atoms in total. The quantitative estimate of drug-likeness (QED) is 0.699. The highest BCUT2D eigenvalue weighted by molar-refractivity contribution is 5.90. The number of anilines is 2. The fourth-order valence-corrected chi connectivity index (χ4v) is 3.53. The van der Waals surface area contributed by atoms with Gasteiger partial charge in [-0.15, -0.1) is 0 Å². The number of amides is 2. The van der Waals surface area contributed by atoms with Crippen molar-refractivity contribution in [3.8, 4) is 0 Å². The van der Waals surface area contributed by atoms with E-state index in [2.05, 4.69) is 51.9 Å². The number of hydrogen-bond donors (Lipinski definition) is 2. The molecule has 0 radical (unpaired) electrons. The molecule has 0 aromatic heterocycles. The monoisotopic (exact) mass is 357 g/mol. The van der Waals surface area contributed by atoms with Gasteiger partial charge in [0.1, 0.15) is 0 Å². The number of benzene rings is 3. The molecule has 3 aromatic carbocycles. The van der Waals surface area contributed by atoms with E-state index in [1.807, 2.05) is 49.4 Å². The zero-order valence-electron chi connectivity index (χ0n) is 15.4. The van der Waals surface area contributed by atoms with Crippen molar-refractivity contribution in [2.45, 2.75) is 19.5 Å². The van der Waals surface area contributed by atoms with Crippen molar-refractivity contribution in [2.75, 3.05) is 16.8 Å². The molecule has 2 amide bonds. The molecule has 27 heavy (non-hydrogen) atoms. The van der Waals surface area contributed by atoms with Crippen molar-refractivity contribution in [1.82, 2.24) is 5.32 Å². The van der Waals surface area contributed by atoms with Crippen LogP contribution >= 0.6 is 0 Å². The fourth-order valence-electron chi connectivity index (χ4n) is 3.53. The summed E-state index contributed by atoms with van der Waals surface area (Å²) < 4.78 is 0. The molecule has 1 unspecified atom stereocenters. The minimum absolute atomic E-state index is 0.0321. The van der Waals surface area contributed by atoms with Gasteiger partial charge < -0.3 is 15.5 Å². The van der Waals surface area contributed by atoms with Crippen molar-refractivity contribution in [3.63, 3.8) is 0 Å². The highest BCUT2D eigenvalue weighted by atomic mass is 16.2. The van der Waals surface area contributed by atoms with E-state index in [1.54, 1.807) is 0 Å². The minimum atomic E-state index is -0.180. The summed E-state index contributed by atoms with van der Waals surface area (Å²) >= 11 is 0. The smallest absolute Gasteiger partial charge is 0.319 e. The van der Waals surface area contributed by atoms with Crippen LogP contribution in [0, 0.1) is 6.92 Å². The first-order chi connectivity index (χ1) is 13.2. The first-order valence-electron chi connectivity index (χ1n) is 9.21. The number of urea groups is 1. The zero-order valence-corrected chi connectivity index (χ0v) is 15.4. The van der Waals surface area contributed by atoms with Crippen LogP contribution < -0.4 is 15.5 Å². The van der Waals surface area contributed by atoms with Crippen LogP contribution in [0.5, 0.6) is 0 Å². The SMILES string of the molecule is Cc1ccc(NC(=O)NC2CN(Cc3ccccc3)c3ccccc32)cc1.